The summed E-state index contributed by atoms with van der Waals surface area (Å²) in [7, 11) is 0. The van der Waals surface area contributed by atoms with Crippen molar-refractivity contribution in [2.75, 3.05) is 25.1 Å². The molecule has 1 N–H and O–H groups in total. The number of halogens is 3. The number of nitrogens with zero attached hydrogens (tertiary/aromatic N) is 1. The first kappa shape index (κ1) is 16.3. The van der Waals surface area contributed by atoms with Gasteiger partial charge in [-0.2, -0.15) is 13.2 Å². The van der Waals surface area contributed by atoms with Gasteiger partial charge < -0.3 is 10.1 Å². The second kappa shape index (κ2) is 6.78. The van der Waals surface area contributed by atoms with E-state index in [2.05, 4.69) is 5.32 Å². The molecule has 2 rings (SSSR count). The van der Waals surface area contributed by atoms with Gasteiger partial charge in [0.1, 0.15) is 5.69 Å². The maximum atomic E-state index is 12.6. The first-order chi connectivity index (χ1) is 10.4. The maximum Gasteiger partial charge on any atom is 0.416 e. The second-order valence-electron chi connectivity index (χ2n) is 4.85. The molecular formula is C14H15F3N2O3. The molecule has 0 unspecified atom stereocenters. The molecule has 0 atom stereocenters. The monoisotopic (exact) mass is 316 g/mol. The number of rotatable bonds is 5. The largest absolute Gasteiger partial charge is 0.416 e. The molecule has 0 amide bonds. The molecule has 0 fully saturated rings. The van der Waals surface area contributed by atoms with Gasteiger partial charge in [0.15, 0.2) is 0 Å². The number of nitro groups is 1. The molecule has 1 aromatic carbocycles. The zero-order chi connectivity index (χ0) is 16.2. The minimum Gasteiger partial charge on any atom is -0.379 e. The predicted octanol–water partition coefficient (Wildman–Crippen LogP) is 3.76. The number of ether oxygens (including phenoxy) is 1. The van der Waals surface area contributed by atoms with Crippen LogP contribution in [0.5, 0.6) is 0 Å². The lowest BCUT2D eigenvalue weighted by atomic mass is 10.1. The maximum absolute atomic E-state index is 12.6. The fraction of sp³-hybridized carbons (Fsp3) is 0.429. The minimum absolute atomic E-state index is 0.0886. The zero-order valence-electron chi connectivity index (χ0n) is 11.7. The first-order valence-corrected chi connectivity index (χ1v) is 6.73. The van der Waals surface area contributed by atoms with E-state index in [-0.39, 0.29) is 5.69 Å². The van der Waals surface area contributed by atoms with Gasteiger partial charge in [0.2, 0.25) is 0 Å². The van der Waals surface area contributed by atoms with Crippen molar-refractivity contribution in [3.8, 4) is 0 Å². The fourth-order valence-electron chi connectivity index (χ4n) is 2.16. The van der Waals surface area contributed by atoms with Crippen molar-refractivity contribution >= 4 is 11.4 Å². The molecule has 0 spiro atoms. The summed E-state index contributed by atoms with van der Waals surface area (Å²) in [6.07, 6.45) is -1.18. The van der Waals surface area contributed by atoms with Crippen LogP contribution in [0.3, 0.4) is 0 Å². The van der Waals surface area contributed by atoms with Crippen LogP contribution < -0.4 is 5.32 Å². The Bertz CT molecular complexity index is 585. The standard InChI is InChI=1S/C14H15F3N2O3/c15-14(16,17)11-1-2-12(13(9-11)19(20)21)18-6-3-10-4-7-22-8-5-10/h1-2,4,9,18H,3,5-8H2. The van der Waals surface area contributed by atoms with Crippen molar-refractivity contribution in [1.82, 2.24) is 0 Å². The first-order valence-electron chi connectivity index (χ1n) is 6.73. The summed E-state index contributed by atoms with van der Waals surface area (Å²) in [5, 5.41) is 13.8. The van der Waals surface area contributed by atoms with Gasteiger partial charge in [-0.1, -0.05) is 11.6 Å². The molecule has 22 heavy (non-hydrogen) atoms. The molecule has 0 aliphatic carbocycles. The summed E-state index contributed by atoms with van der Waals surface area (Å²) in [6.45, 7) is 1.61. The van der Waals surface area contributed by atoms with Crippen LogP contribution in [-0.2, 0) is 10.9 Å². The normalized spacial score (nSPS) is 15.3. The molecule has 5 nitrogen and oxygen atoms in total. The van der Waals surface area contributed by atoms with E-state index in [1.807, 2.05) is 6.08 Å². The van der Waals surface area contributed by atoms with Crippen LogP contribution in [0, 0.1) is 10.1 Å². The number of benzene rings is 1. The van der Waals surface area contributed by atoms with Crippen molar-refractivity contribution in [2.45, 2.75) is 19.0 Å². The van der Waals surface area contributed by atoms with E-state index in [1.54, 1.807) is 0 Å². The Balaban J connectivity index is 2.06. The third-order valence-electron chi connectivity index (χ3n) is 3.34. The summed E-state index contributed by atoms with van der Waals surface area (Å²) < 4.78 is 43.0. The van der Waals surface area contributed by atoms with E-state index in [1.165, 1.54) is 5.57 Å². The minimum atomic E-state index is -4.60. The van der Waals surface area contributed by atoms with Crippen LogP contribution >= 0.6 is 0 Å². The smallest absolute Gasteiger partial charge is 0.379 e. The lowest BCUT2D eigenvalue weighted by molar-refractivity contribution is -0.384. The molecule has 1 aliphatic heterocycles. The number of nitro benzene ring substituents is 1. The van der Waals surface area contributed by atoms with E-state index in [0.29, 0.717) is 32.2 Å². The zero-order valence-corrected chi connectivity index (χ0v) is 11.7. The molecular weight excluding hydrogens is 301 g/mol. The molecule has 0 saturated heterocycles. The molecule has 0 radical (unpaired) electrons. The third kappa shape index (κ3) is 4.20. The second-order valence-corrected chi connectivity index (χ2v) is 4.85. The van der Waals surface area contributed by atoms with Crippen LogP contribution in [-0.4, -0.2) is 24.7 Å². The Hall–Kier alpha value is -2.09. The van der Waals surface area contributed by atoms with Crippen molar-refractivity contribution in [2.24, 2.45) is 0 Å². The van der Waals surface area contributed by atoms with Gasteiger partial charge in [0.25, 0.3) is 5.69 Å². The molecule has 1 aliphatic rings. The van der Waals surface area contributed by atoms with Crippen LogP contribution in [0.25, 0.3) is 0 Å². The number of anilines is 1. The average Bonchev–Trinajstić information content (AvgIpc) is 2.47. The Kier molecular flexibility index (Phi) is 5.02. The molecule has 0 saturated carbocycles. The van der Waals surface area contributed by atoms with Crippen molar-refractivity contribution in [3.05, 3.63) is 45.5 Å². The van der Waals surface area contributed by atoms with Gasteiger partial charge in [-0.3, -0.25) is 10.1 Å². The van der Waals surface area contributed by atoms with Crippen LogP contribution in [0.1, 0.15) is 18.4 Å². The van der Waals surface area contributed by atoms with E-state index >= 15 is 0 Å². The number of hydrogen-bond donors (Lipinski definition) is 1. The topological polar surface area (TPSA) is 64.4 Å². The van der Waals surface area contributed by atoms with Crippen LogP contribution in [0.15, 0.2) is 29.8 Å². The third-order valence-corrected chi connectivity index (χ3v) is 3.34. The van der Waals surface area contributed by atoms with E-state index < -0.39 is 22.4 Å². The van der Waals surface area contributed by atoms with Gasteiger partial charge in [0.05, 0.1) is 23.7 Å². The van der Waals surface area contributed by atoms with Gasteiger partial charge in [-0.15, -0.1) is 0 Å². The average molecular weight is 316 g/mol. The molecule has 1 aromatic rings. The molecule has 0 aromatic heterocycles. The number of hydrogen-bond acceptors (Lipinski definition) is 4. The summed E-state index contributed by atoms with van der Waals surface area (Å²) in [4.78, 5) is 10.1. The van der Waals surface area contributed by atoms with Gasteiger partial charge >= 0.3 is 6.18 Å². The van der Waals surface area contributed by atoms with E-state index in [9.17, 15) is 23.3 Å². The molecule has 1 heterocycles. The summed E-state index contributed by atoms with van der Waals surface area (Å²) >= 11 is 0. The Morgan fingerprint density at radius 2 is 2.14 bits per heavy atom. The van der Waals surface area contributed by atoms with Crippen molar-refractivity contribution in [3.63, 3.8) is 0 Å². The van der Waals surface area contributed by atoms with E-state index in [4.69, 9.17) is 4.74 Å². The van der Waals surface area contributed by atoms with Crippen molar-refractivity contribution in [1.29, 1.82) is 0 Å². The lowest BCUT2D eigenvalue weighted by Gasteiger charge is -2.14. The van der Waals surface area contributed by atoms with Gasteiger partial charge in [-0.05, 0) is 25.0 Å². The fourth-order valence-corrected chi connectivity index (χ4v) is 2.16. The highest BCUT2D eigenvalue weighted by Crippen LogP contribution is 2.35. The lowest BCUT2D eigenvalue weighted by Crippen LogP contribution is -2.11. The van der Waals surface area contributed by atoms with E-state index in [0.717, 1.165) is 18.6 Å². The summed E-state index contributed by atoms with van der Waals surface area (Å²) in [5.74, 6) is 0. The Morgan fingerprint density at radius 1 is 1.36 bits per heavy atom. The molecule has 8 heteroatoms. The predicted molar refractivity (Wildman–Crippen MR) is 74.7 cm³/mol. The SMILES string of the molecule is O=[N+]([O-])c1cc(C(F)(F)F)ccc1NCCC1=CCOCC1. The number of nitrogens with one attached hydrogen (secondary N) is 1. The Labute approximate surface area is 124 Å². The van der Waals surface area contributed by atoms with Gasteiger partial charge in [-0.25, -0.2) is 0 Å². The molecule has 0 bridgehead atoms. The summed E-state index contributed by atoms with van der Waals surface area (Å²) in [5.41, 5.74) is -0.341. The number of alkyl halides is 3. The van der Waals surface area contributed by atoms with Gasteiger partial charge in [0, 0.05) is 12.6 Å². The quantitative estimate of drug-likeness (QED) is 0.510. The molecule has 120 valence electrons. The van der Waals surface area contributed by atoms with Crippen LogP contribution in [0.4, 0.5) is 24.5 Å². The highest BCUT2D eigenvalue weighted by Gasteiger charge is 2.32. The highest BCUT2D eigenvalue weighted by atomic mass is 19.4. The van der Waals surface area contributed by atoms with Crippen molar-refractivity contribution < 1.29 is 22.8 Å². The van der Waals surface area contributed by atoms with Crippen LogP contribution in [0.2, 0.25) is 0 Å². The Morgan fingerprint density at radius 3 is 2.73 bits per heavy atom. The highest BCUT2D eigenvalue weighted by molar-refractivity contribution is 5.63. The summed E-state index contributed by atoms with van der Waals surface area (Å²) in [6, 6.07) is 2.48.